The summed E-state index contributed by atoms with van der Waals surface area (Å²) in [5.74, 6) is -1.52. The third kappa shape index (κ3) is 9.91. The summed E-state index contributed by atoms with van der Waals surface area (Å²) in [6.45, 7) is 11.4. The van der Waals surface area contributed by atoms with E-state index in [1.54, 1.807) is 6.92 Å². The summed E-state index contributed by atoms with van der Waals surface area (Å²) >= 11 is 0. The fraction of sp³-hybridized carbons (Fsp3) is 0.182. The maximum absolute atomic E-state index is 10.1. The van der Waals surface area contributed by atoms with E-state index in [1.807, 2.05) is 0 Å². The van der Waals surface area contributed by atoms with E-state index in [0.717, 1.165) is 18.2 Å². The number of cyclic esters (lactones) is 2. The number of carbonyl (C=O) groups is 3. The van der Waals surface area contributed by atoms with Gasteiger partial charge in [-0.25, -0.2) is 14.4 Å². The van der Waals surface area contributed by atoms with Crippen LogP contribution in [-0.2, 0) is 23.9 Å². The van der Waals surface area contributed by atoms with Gasteiger partial charge >= 0.3 is 17.9 Å². The maximum atomic E-state index is 10.1. The predicted octanol–water partition coefficient (Wildman–Crippen LogP) is 1.16. The van der Waals surface area contributed by atoms with Crippen molar-refractivity contribution in [3.05, 3.63) is 38.0 Å². The first kappa shape index (κ1) is 16.3. The van der Waals surface area contributed by atoms with Gasteiger partial charge in [0.1, 0.15) is 0 Å². The molecule has 0 saturated heterocycles. The molecule has 0 bridgehead atoms. The maximum Gasteiger partial charge on any atom is 0.338 e. The lowest BCUT2D eigenvalue weighted by molar-refractivity contribution is -0.150. The Labute approximate surface area is 94.0 Å². The average molecular weight is 226 g/mol. The van der Waals surface area contributed by atoms with E-state index in [-0.39, 0.29) is 5.97 Å². The molecule has 5 nitrogen and oxygen atoms in total. The van der Waals surface area contributed by atoms with E-state index < -0.39 is 11.9 Å². The molecular weight excluding hydrogens is 212 g/mol. The first-order valence-electron chi connectivity index (χ1n) is 4.33. The van der Waals surface area contributed by atoms with E-state index in [9.17, 15) is 14.4 Å². The molecule has 1 aliphatic heterocycles. The topological polar surface area (TPSA) is 69.7 Å². The highest BCUT2D eigenvalue weighted by atomic mass is 16.6. The second-order valence-electron chi connectivity index (χ2n) is 2.03. The van der Waals surface area contributed by atoms with Crippen molar-refractivity contribution in [2.24, 2.45) is 0 Å². The Morgan fingerprint density at radius 3 is 1.94 bits per heavy atom. The second kappa shape index (κ2) is 10.9. The van der Waals surface area contributed by atoms with Crippen molar-refractivity contribution in [1.82, 2.24) is 0 Å². The lowest BCUT2D eigenvalue weighted by Crippen LogP contribution is -1.97. The first-order chi connectivity index (χ1) is 7.60. The van der Waals surface area contributed by atoms with Gasteiger partial charge in [0.15, 0.2) is 0 Å². The molecule has 16 heavy (non-hydrogen) atoms. The molecule has 0 aromatic heterocycles. The van der Waals surface area contributed by atoms with E-state index in [0.29, 0.717) is 6.61 Å². The van der Waals surface area contributed by atoms with Crippen LogP contribution in [0.1, 0.15) is 6.92 Å². The van der Waals surface area contributed by atoms with Gasteiger partial charge in [-0.3, -0.25) is 0 Å². The molecule has 88 valence electrons. The van der Waals surface area contributed by atoms with Gasteiger partial charge in [0.05, 0.1) is 6.61 Å². The molecule has 1 heterocycles. The van der Waals surface area contributed by atoms with Gasteiger partial charge in [-0.15, -0.1) is 13.2 Å². The van der Waals surface area contributed by atoms with Gasteiger partial charge in [-0.2, -0.15) is 0 Å². The first-order valence-corrected chi connectivity index (χ1v) is 4.33. The fourth-order valence-electron chi connectivity index (χ4n) is 0.504. The number of esters is 3. The summed E-state index contributed by atoms with van der Waals surface area (Å²) in [6.07, 6.45) is 3.31. The minimum Gasteiger partial charge on any atom is -0.463 e. The fourth-order valence-corrected chi connectivity index (χ4v) is 0.504. The number of rotatable bonds is 2. The Morgan fingerprint density at radius 1 is 1.38 bits per heavy atom. The van der Waals surface area contributed by atoms with Gasteiger partial charge in [0, 0.05) is 18.2 Å². The van der Waals surface area contributed by atoms with Crippen molar-refractivity contribution in [2.45, 2.75) is 6.92 Å². The molecular formula is C11H14O5. The van der Waals surface area contributed by atoms with Crippen LogP contribution in [0.15, 0.2) is 38.0 Å². The number of hydrogen-bond donors (Lipinski definition) is 0. The molecule has 0 fully saturated rings. The predicted molar refractivity (Wildman–Crippen MR) is 58.3 cm³/mol. The van der Waals surface area contributed by atoms with Crippen molar-refractivity contribution in [3.63, 3.8) is 0 Å². The normalized spacial score (nSPS) is 11.3. The van der Waals surface area contributed by atoms with E-state index in [2.05, 4.69) is 29.2 Å². The molecule has 0 saturated carbocycles. The lowest BCUT2D eigenvalue weighted by atomic mass is 10.6. The van der Waals surface area contributed by atoms with Gasteiger partial charge in [-0.05, 0) is 6.92 Å². The van der Waals surface area contributed by atoms with Crippen molar-refractivity contribution in [2.75, 3.05) is 6.61 Å². The molecule has 0 N–H and O–H groups in total. The second-order valence-corrected chi connectivity index (χ2v) is 2.03. The Hall–Kier alpha value is -2.17. The smallest absolute Gasteiger partial charge is 0.338 e. The van der Waals surface area contributed by atoms with Crippen LogP contribution in [0.25, 0.3) is 0 Å². The van der Waals surface area contributed by atoms with Crippen LogP contribution in [0.5, 0.6) is 0 Å². The van der Waals surface area contributed by atoms with Crippen molar-refractivity contribution >= 4 is 17.9 Å². The van der Waals surface area contributed by atoms with Crippen molar-refractivity contribution in [1.29, 1.82) is 0 Å². The zero-order chi connectivity index (χ0) is 13.0. The average Bonchev–Trinajstić information content (AvgIpc) is 2.66. The lowest BCUT2D eigenvalue weighted by Gasteiger charge is -1.90. The molecule has 0 atom stereocenters. The molecule has 0 aliphatic carbocycles. The van der Waals surface area contributed by atoms with Gasteiger partial charge in [0.2, 0.25) is 0 Å². The van der Waals surface area contributed by atoms with Crippen LogP contribution in [0.3, 0.4) is 0 Å². The summed E-state index contributed by atoms with van der Waals surface area (Å²) in [5, 5.41) is 0. The van der Waals surface area contributed by atoms with Crippen molar-refractivity contribution < 1.29 is 23.9 Å². The van der Waals surface area contributed by atoms with Crippen LogP contribution in [-0.4, -0.2) is 24.5 Å². The highest BCUT2D eigenvalue weighted by molar-refractivity contribution is 6.04. The largest absolute Gasteiger partial charge is 0.463 e. The minimum absolute atomic E-state index is 0.359. The molecule has 5 heteroatoms. The molecule has 0 aromatic rings. The third-order valence-corrected chi connectivity index (χ3v) is 1.01. The van der Waals surface area contributed by atoms with Gasteiger partial charge in [0.25, 0.3) is 0 Å². The molecule has 1 aliphatic rings. The molecule has 0 radical (unpaired) electrons. The summed E-state index contributed by atoms with van der Waals surface area (Å²) in [6, 6.07) is 0. The standard InChI is InChI=1S/C5H8O2.C4H2O3.C2H4/c1-3-5(6)7-4-2;5-3-1-2-4(6)7-3;1-2/h3H,1,4H2,2H3;1-2H;1-2H2. The zero-order valence-corrected chi connectivity index (χ0v) is 9.10. The summed E-state index contributed by atoms with van der Waals surface area (Å²) < 4.78 is 8.41. The number of ether oxygens (including phenoxy) is 2. The summed E-state index contributed by atoms with van der Waals surface area (Å²) in [7, 11) is 0. The van der Waals surface area contributed by atoms with Gasteiger partial charge in [-0.1, -0.05) is 6.58 Å². The van der Waals surface area contributed by atoms with Crippen LogP contribution >= 0.6 is 0 Å². The van der Waals surface area contributed by atoms with Gasteiger partial charge < -0.3 is 9.47 Å². The molecule has 1 rings (SSSR count). The Balaban J connectivity index is 0. The van der Waals surface area contributed by atoms with E-state index in [4.69, 9.17) is 0 Å². The monoisotopic (exact) mass is 226 g/mol. The third-order valence-electron chi connectivity index (χ3n) is 1.01. The molecule has 0 amide bonds. The Kier molecular flexibility index (Phi) is 11.1. The summed E-state index contributed by atoms with van der Waals surface area (Å²) in [4.78, 5) is 29.9. The van der Waals surface area contributed by atoms with Crippen molar-refractivity contribution in [3.8, 4) is 0 Å². The molecule has 0 unspecified atom stereocenters. The van der Waals surface area contributed by atoms with Crippen LogP contribution in [0.2, 0.25) is 0 Å². The highest BCUT2D eigenvalue weighted by Crippen LogP contribution is 1.92. The minimum atomic E-state index is -0.579. The zero-order valence-electron chi connectivity index (χ0n) is 9.10. The number of carbonyl (C=O) groups excluding carboxylic acids is 3. The van der Waals surface area contributed by atoms with Crippen LogP contribution in [0, 0.1) is 0 Å². The highest BCUT2D eigenvalue weighted by Gasteiger charge is 2.10. The quantitative estimate of drug-likeness (QED) is 0.306. The molecule has 0 aromatic carbocycles. The van der Waals surface area contributed by atoms with E-state index in [1.165, 1.54) is 0 Å². The Morgan fingerprint density at radius 2 is 1.81 bits per heavy atom. The van der Waals surface area contributed by atoms with Crippen LogP contribution < -0.4 is 0 Å². The molecule has 0 spiro atoms. The SMILES string of the molecule is C=C.C=CC(=O)OCC.O=C1C=CC(=O)O1. The Bertz CT molecular complexity index is 275. The van der Waals surface area contributed by atoms with Crippen LogP contribution in [0.4, 0.5) is 0 Å². The van der Waals surface area contributed by atoms with E-state index >= 15 is 0 Å². The number of hydrogen-bond acceptors (Lipinski definition) is 5. The summed E-state index contributed by atoms with van der Waals surface area (Å²) in [5.41, 5.74) is 0.